The van der Waals surface area contributed by atoms with Gasteiger partial charge in [0.05, 0.1) is 24.9 Å². The van der Waals surface area contributed by atoms with Crippen LogP contribution in [0.4, 0.5) is 0 Å². The van der Waals surface area contributed by atoms with Crippen LogP contribution in [0.5, 0.6) is 17.2 Å². The number of esters is 1. The summed E-state index contributed by atoms with van der Waals surface area (Å²) < 4.78 is 10.3. The van der Waals surface area contributed by atoms with E-state index in [2.05, 4.69) is 39.4 Å². The number of phenolic OH excluding ortho intramolecular Hbond substituents is 3. The number of phenols is 3. The van der Waals surface area contributed by atoms with Crippen LogP contribution in [-0.4, -0.2) is 40.6 Å². The van der Waals surface area contributed by atoms with Crippen molar-refractivity contribution in [3.05, 3.63) is 17.7 Å². The maximum absolute atomic E-state index is 10.9. The largest absolute Gasteiger partial charge is 0.504 e. The number of hydrogen-bond donors (Lipinski definition) is 3. The van der Waals surface area contributed by atoms with E-state index >= 15 is 0 Å². The van der Waals surface area contributed by atoms with E-state index in [-0.39, 0.29) is 5.56 Å². The Morgan fingerprint density at radius 2 is 1.56 bits per heavy atom. The molecule has 5 atom stereocenters. The second kappa shape index (κ2) is 8.94. The minimum absolute atomic E-state index is 0.0321. The molecular formula is C19H30O6. The molecule has 1 saturated heterocycles. The predicted molar refractivity (Wildman–Crippen MR) is 94.9 cm³/mol. The molecular weight excluding hydrogens is 324 g/mol. The van der Waals surface area contributed by atoms with Gasteiger partial charge in [-0.2, -0.15) is 0 Å². The summed E-state index contributed by atoms with van der Waals surface area (Å²) in [4.78, 5) is 10.9. The molecule has 25 heavy (non-hydrogen) atoms. The molecule has 1 fully saturated rings. The number of benzene rings is 1. The van der Waals surface area contributed by atoms with Crippen LogP contribution in [0, 0.1) is 17.8 Å². The number of carbonyl (C=O) groups is 1. The Morgan fingerprint density at radius 3 is 2.00 bits per heavy atom. The smallest absolute Gasteiger partial charge is 0.338 e. The van der Waals surface area contributed by atoms with Crippen molar-refractivity contribution in [2.24, 2.45) is 17.8 Å². The molecule has 1 heterocycles. The van der Waals surface area contributed by atoms with Crippen molar-refractivity contribution in [1.82, 2.24) is 0 Å². The zero-order valence-corrected chi connectivity index (χ0v) is 15.8. The fraction of sp³-hybridized carbons (Fsp3) is 0.632. The van der Waals surface area contributed by atoms with Crippen LogP contribution in [0.25, 0.3) is 0 Å². The molecule has 2 unspecified atom stereocenters. The van der Waals surface area contributed by atoms with Gasteiger partial charge in [-0.15, -0.1) is 0 Å². The molecule has 0 spiro atoms. The molecule has 0 bridgehead atoms. The van der Waals surface area contributed by atoms with Gasteiger partial charge in [0.15, 0.2) is 17.2 Å². The molecule has 2 rings (SSSR count). The second-order valence-electron chi connectivity index (χ2n) is 6.72. The highest BCUT2D eigenvalue weighted by atomic mass is 16.5. The van der Waals surface area contributed by atoms with Gasteiger partial charge < -0.3 is 24.8 Å². The van der Waals surface area contributed by atoms with Crippen molar-refractivity contribution >= 4 is 5.97 Å². The number of carbonyl (C=O) groups excluding carboxylic acids is 1. The van der Waals surface area contributed by atoms with Crippen LogP contribution in [0.15, 0.2) is 12.1 Å². The number of aromatic hydroxyl groups is 3. The zero-order valence-electron chi connectivity index (χ0n) is 15.8. The summed E-state index contributed by atoms with van der Waals surface area (Å²) in [6.45, 7) is 11.4. The van der Waals surface area contributed by atoms with E-state index in [1.54, 1.807) is 0 Å². The van der Waals surface area contributed by atoms with Crippen LogP contribution in [0.3, 0.4) is 0 Å². The molecule has 1 aliphatic heterocycles. The standard InChI is InChI=1S/C11H22O.C8H8O5/c1-6-11-9(4)7(2)8(3)10(5)12-11;1-13-8(12)4-2-5(9)7(11)6(10)3-4/h7-11H,6H2,1-5H3;2-3,9-11H,1H3/t7-,8?,9-,10+,11?;/m0./s1. The second-order valence-corrected chi connectivity index (χ2v) is 6.72. The van der Waals surface area contributed by atoms with Crippen LogP contribution >= 0.6 is 0 Å². The molecule has 6 nitrogen and oxygen atoms in total. The van der Waals surface area contributed by atoms with Crippen LogP contribution in [0.2, 0.25) is 0 Å². The summed E-state index contributed by atoms with van der Waals surface area (Å²) >= 11 is 0. The maximum Gasteiger partial charge on any atom is 0.338 e. The fourth-order valence-electron chi connectivity index (χ4n) is 3.08. The number of hydrogen-bond acceptors (Lipinski definition) is 6. The van der Waals surface area contributed by atoms with Crippen LogP contribution in [-0.2, 0) is 9.47 Å². The molecule has 0 aromatic heterocycles. The lowest BCUT2D eigenvalue weighted by molar-refractivity contribution is -0.125. The fourth-order valence-corrected chi connectivity index (χ4v) is 3.08. The third-order valence-corrected chi connectivity index (χ3v) is 5.27. The van der Waals surface area contributed by atoms with E-state index in [9.17, 15) is 4.79 Å². The Balaban J connectivity index is 0.000000251. The van der Waals surface area contributed by atoms with Crippen molar-refractivity contribution in [3.8, 4) is 17.2 Å². The Hall–Kier alpha value is -1.95. The van der Waals surface area contributed by atoms with Crippen LogP contribution < -0.4 is 0 Å². The van der Waals surface area contributed by atoms with Gasteiger partial charge in [0.1, 0.15) is 0 Å². The van der Waals surface area contributed by atoms with Crippen molar-refractivity contribution < 1.29 is 29.6 Å². The molecule has 0 amide bonds. The summed E-state index contributed by atoms with van der Waals surface area (Å²) in [7, 11) is 1.17. The average Bonchev–Trinajstić information content (AvgIpc) is 2.60. The zero-order chi connectivity index (χ0) is 19.3. The lowest BCUT2D eigenvalue weighted by Gasteiger charge is -2.42. The Kier molecular flexibility index (Phi) is 7.55. The van der Waals surface area contributed by atoms with Crippen molar-refractivity contribution in [2.75, 3.05) is 7.11 Å². The highest BCUT2D eigenvalue weighted by molar-refractivity contribution is 5.90. The summed E-state index contributed by atoms with van der Waals surface area (Å²) in [5, 5.41) is 26.9. The molecule has 1 aromatic rings. The molecule has 6 heteroatoms. The Morgan fingerprint density at radius 1 is 1.04 bits per heavy atom. The first-order valence-electron chi connectivity index (χ1n) is 8.62. The summed E-state index contributed by atoms with van der Waals surface area (Å²) in [5.41, 5.74) is -0.0321. The lowest BCUT2D eigenvalue weighted by Crippen LogP contribution is -2.42. The quantitative estimate of drug-likeness (QED) is 0.554. The molecule has 0 saturated carbocycles. The maximum atomic E-state index is 10.9. The topological polar surface area (TPSA) is 96.2 Å². The SMILES string of the molecule is CCC1O[C@H](C)C(C)[C@H](C)[C@@H]1C.COC(=O)c1cc(O)c(O)c(O)c1. The minimum atomic E-state index is -0.703. The number of rotatable bonds is 2. The van der Waals surface area contributed by atoms with E-state index in [1.165, 1.54) is 7.11 Å². The first-order chi connectivity index (χ1) is 11.6. The first-order valence-corrected chi connectivity index (χ1v) is 8.62. The van der Waals surface area contributed by atoms with Gasteiger partial charge in [-0.1, -0.05) is 27.7 Å². The molecule has 3 N–H and O–H groups in total. The van der Waals surface area contributed by atoms with E-state index in [0.29, 0.717) is 18.1 Å². The van der Waals surface area contributed by atoms with Gasteiger partial charge in [-0.25, -0.2) is 4.79 Å². The molecule has 0 aliphatic carbocycles. The van der Waals surface area contributed by atoms with Gasteiger partial charge >= 0.3 is 5.97 Å². The summed E-state index contributed by atoms with van der Waals surface area (Å²) in [5.74, 6) is -0.262. The van der Waals surface area contributed by atoms with Crippen molar-refractivity contribution in [2.45, 2.75) is 53.2 Å². The predicted octanol–water partition coefficient (Wildman–Crippen LogP) is 3.68. The van der Waals surface area contributed by atoms with Gasteiger partial charge in [0, 0.05) is 0 Å². The van der Waals surface area contributed by atoms with E-state index in [4.69, 9.17) is 20.1 Å². The summed E-state index contributed by atoms with van der Waals surface area (Å²) in [6.07, 6.45) is 2.09. The third-order valence-electron chi connectivity index (χ3n) is 5.27. The Labute approximate surface area is 149 Å². The third kappa shape index (κ3) is 5.01. The summed E-state index contributed by atoms with van der Waals surface area (Å²) in [6, 6.07) is 2.00. The molecule has 142 valence electrons. The van der Waals surface area contributed by atoms with Gasteiger partial charge in [-0.3, -0.25) is 0 Å². The Bertz CT molecular complexity index is 558. The lowest BCUT2D eigenvalue weighted by atomic mass is 9.76. The van der Waals surface area contributed by atoms with Gasteiger partial charge in [-0.05, 0) is 43.2 Å². The normalized spacial score (nSPS) is 28.6. The van der Waals surface area contributed by atoms with Gasteiger partial charge in [0.25, 0.3) is 0 Å². The average molecular weight is 354 g/mol. The monoisotopic (exact) mass is 354 g/mol. The van der Waals surface area contributed by atoms with E-state index < -0.39 is 23.2 Å². The molecule has 0 radical (unpaired) electrons. The van der Waals surface area contributed by atoms with Gasteiger partial charge in [0.2, 0.25) is 0 Å². The number of ether oxygens (including phenoxy) is 2. The number of methoxy groups -OCH3 is 1. The molecule has 1 aliphatic rings. The minimum Gasteiger partial charge on any atom is -0.504 e. The van der Waals surface area contributed by atoms with E-state index in [1.807, 2.05) is 0 Å². The first kappa shape index (κ1) is 21.1. The van der Waals surface area contributed by atoms with Crippen molar-refractivity contribution in [3.63, 3.8) is 0 Å². The van der Waals surface area contributed by atoms with E-state index in [0.717, 1.165) is 30.4 Å². The van der Waals surface area contributed by atoms with Crippen LogP contribution in [0.1, 0.15) is 51.4 Å². The molecule has 1 aromatic carbocycles. The highest BCUT2D eigenvalue weighted by Gasteiger charge is 2.35. The highest BCUT2D eigenvalue weighted by Crippen LogP contribution is 2.36. The van der Waals surface area contributed by atoms with Crippen molar-refractivity contribution in [1.29, 1.82) is 0 Å².